The predicted octanol–water partition coefficient (Wildman–Crippen LogP) is 17.7. The minimum absolute atomic E-state index is 0.202. The normalized spacial score (nSPS) is 25.3. The number of nitrogens with one attached hydrogen (secondary N) is 1. The summed E-state index contributed by atoms with van der Waals surface area (Å²) in [4.78, 5) is 13.5. The van der Waals surface area contributed by atoms with Gasteiger partial charge in [-0.15, -0.1) is 0 Å². The fourth-order valence-corrected chi connectivity index (χ4v) is 14.5. The van der Waals surface area contributed by atoms with E-state index < -0.39 is 124 Å². The van der Waals surface area contributed by atoms with Crippen molar-refractivity contribution in [3.8, 4) is 0 Å². The van der Waals surface area contributed by atoms with Crippen LogP contribution in [0.15, 0.2) is 146 Å². The molecule has 19 heteroatoms. The van der Waals surface area contributed by atoms with Crippen molar-refractivity contribution in [1.82, 2.24) is 5.32 Å². The lowest BCUT2D eigenvalue weighted by molar-refractivity contribution is -0.379. The van der Waals surface area contributed by atoms with Crippen molar-refractivity contribution in [2.75, 3.05) is 26.4 Å². The molecular weight excluding hydrogens is 1460 g/mol. The van der Waals surface area contributed by atoms with E-state index in [1.54, 1.807) is 0 Å². The van der Waals surface area contributed by atoms with Crippen molar-refractivity contribution in [3.05, 3.63) is 146 Å². The lowest BCUT2D eigenvalue weighted by Gasteiger charge is -2.48. The summed E-state index contributed by atoms with van der Waals surface area (Å²) in [5.74, 6) is -0.287. The Morgan fingerprint density at radius 3 is 0.922 bits per heavy atom. The summed E-state index contributed by atoms with van der Waals surface area (Å²) in [5.41, 5.74) is 0. The van der Waals surface area contributed by atoms with Crippen LogP contribution in [-0.4, -0.2) is 193 Å². The van der Waals surface area contributed by atoms with E-state index in [0.717, 1.165) is 109 Å². The molecule has 0 radical (unpaired) electrons. The molecule has 0 aromatic carbocycles. The molecule has 0 bridgehead atoms. The van der Waals surface area contributed by atoms with Gasteiger partial charge in [-0.3, -0.25) is 4.79 Å². The Balaban J connectivity index is 1.35. The third kappa shape index (κ3) is 51.8. The highest BCUT2D eigenvalue weighted by atomic mass is 16.8. The van der Waals surface area contributed by atoms with E-state index in [9.17, 15) is 61.0 Å². The molecule has 660 valence electrons. The maximum Gasteiger partial charge on any atom is 0.220 e. The molecule has 3 saturated heterocycles. The van der Waals surface area contributed by atoms with E-state index in [1.807, 2.05) is 0 Å². The molecule has 12 N–H and O–H groups in total. The first-order valence-corrected chi connectivity index (χ1v) is 45.6. The summed E-state index contributed by atoms with van der Waals surface area (Å²) in [6.07, 6.45) is 80.9. The molecule has 0 aromatic rings. The Morgan fingerprint density at radius 1 is 0.322 bits per heavy atom. The zero-order valence-electron chi connectivity index (χ0n) is 71.2. The van der Waals surface area contributed by atoms with Gasteiger partial charge < -0.3 is 89.9 Å². The van der Waals surface area contributed by atoms with Gasteiger partial charge in [0.25, 0.3) is 0 Å². The summed E-state index contributed by atoms with van der Waals surface area (Å²) in [7, 11) is 0. The average molecular weight is 1620 g/mol. The second-order valence-corrected chi connectivity index (χ2v) is 31.7. The van der Waals surface area contributed by atoms with Gasteiger partial charge in [-0.05, 0) is 103 Å². The van der Waals surface area contributed by atoms with Crippen LogP contribution in [0.4, 0.5) is 0 Å². The third-order valence-corrected chi connectivity index (χ3v) is 21.7. The Kier molecular flexibility index (Phi) is 67.1. The van der Waals surface area contributed by atoms with Crippen molar-refractivity contribution in [2.45, 2.75) is 426 Å². The minimum Gasteiger partial charge on any atom is -0.394 e. The van der Waals surface area contributed by atoms with Crippen molar-refractivity contribution in [3.63, 3.8) is 0 Å². The fraction of sp³-hybridized carbons (Fsp3) is 0.740. The molecule has 3 fully saturated rings. The van der Waals surface area contributed by atoms with Gasteiger partial charge in [0.15, 0.2) is 18.9 Å². The van der Waals surface area contributed by atoms with Gasteiger partial charge >= 0.3 is 0 Å². The molecular formula is C96H163NO18. The number of hydrogen-bond acceptors (Lipinski definition) is 18. The number of aliphatic hydroxyl groups excluding tert-OH is 11. The lowest BCUT2D eigenvalue weighted by Crippen LogP contribution is -2.66. The lowest BCUT2D eigenvalue weighted by atomic mass is 9.96. The number of hydrogen-bond donors (Lipinski definition) is 12. The number of allylic oxidation sites excluding steroid dienone is 24. The smallest absolute Gasteiger partial charge is 0.220 e. The topological polar surface area (TPSA) is 307 Å². The number of amides is 1. The Hall–Kier alpha value is -4.33. The monoisotopic (exact) mass is 1620 g/mol. The zero-order chi connectivity index (χ0) is 83.1. The summed E-state index contributed by atoms with van der Waals surface area (Å²) < 4.78 is 34.6. The van der Waals surface area contributed by atoms with Crippen molar-refractivity contribution in [2.24, 2.45) is 0 Å². The predicted molar refractivity (Wildman–Crippen MR) is 466 cm³/mol. The summed E-state index contributed by atoms with van der Waals surface area (Å²) in [6, 6.07) is -0.925. The molecule has 115 heavy (non-hydrogen) atoms. The molecule has 17 atom stereocenters. The van der Waals surface area contributed by atoms with Crippen molar-refractivity contribution in [1.29, 1.82) is 0 Å². The number of carbonyl (C=O) groups is 1. The molecule has 0 aliphatic carbocycles. The number of carbonyl (C=O) groups excluding carboxylic acids is 1. The van der Waals surface area contributed by atoms with E-state index in [0.29, 0.717) is 19.3 Å². The van der Waals surface area contributed by atoms with Gasteiger partial charge in [0.05, 0.1) is 38.6 Å². The van der Waals surface area contributed by atoms with Gasteiger partial charge in [-0.1, -0.05) is 359 Å². The van der Waals surface area contributed by atoms with Crippen LogP contribution in [0, 0.1) is 0 Å². The first-order valence-electron chi connectivity index (χ1n) is 45.6. The summed E-state index contributed by atoms with van der Waals surface area (Å²) >= 11 is 0. The molecule has 17 unspecified atom stereocenters. The van der Waals surface area contributed by atoms with Crippen LogP contribution >= 0.6 is 0 Å². The molecule has 0 saturated carbocycles. The average Bonchev–Trinajstić information content (AvgIpc) is 0.779. The van der Waals surface area contributed by atoms with E-state index >= 15 is 0 Å². The van der Waals surface area contributed by atoms with E-state index in [-0.39, 0.29) is 18.9 Å². The molecule has 3 aliphatic heterocycles. The standard InChI is InChI=1S/C96H163NO18/c1-3-5-7-9-11-13-15-17-19-21-23-25-27-29-31-33-35-36-37-38-39-40-41-42-44-46-48-50-52-54-56-58-60-62-64-66-68-70-72-74-84(102)97-79(80(101)73-71-69-67-65-63-61-59-57-55-53-51-49-47-45-43-34-32-30-28-26-24-22-20-18-16-14-12-10-8-6-4-2)78-110-94-90(108)87(105)92(82(76-99)112-94)115-96-91(109)88(106)93(83(77-100)113-96)114-95-89(107)86(104)85(103)81(75-98)111-95/h5,7,11,13,17,19,23,25,29,31,35-36,38-39,41-42,46,48,52,54,58,60,64,66,79-83,85-96,98-101,103-109H,3-4,6,8-10,12,14-16,18,20-22,24,26-28,30,32-34,37,40,43-45,47,49-51,53,55-57,59,61-63,65,67-78H2,1-2H3,(H,97,102)/b7-5-,13-11-,19-17-,25-23-,31-29-,36-35-,39-38-,42-41-,48-46-,54-52-,60-58-,66-64-. The Bertz CT molecular complexity index is 2650. The number of rotatable bonds is 72. The van der Waals surface area contributed by atoms with Crippen molar-refractivity contribution < 1.29 is 89.4 Å². The highest BCUT2D eigenvalue weighted by Gasteiger charge is 2.54. The van der Waals surface area contributed by atoms with Gasteiger partial charge in [-0.2, -0.15) is 0 Å². The number of aliphatic hydroxyl groups is 11. The van der Waals surface area contributed by atoms with Crippen LogP contribution in [0.2, 0.25) is 0 Å². The van der Waals surface area contributed by atoms with Gasteiger partial charge in [0.1, 0.15) is 73.2 Å². The van der Waals surface area contributed by atoms with Crippen LogP contribution in [0.5, 0.6) is 0 Å². The van der Waals surface area contributed by atoms with E-state index in [1.165, 1.54) is 173 Å². The Morgan fingerprint density at radius 2 is 0.600 bits per heavy atom. The highest BCUT2D eigenvalue weighted by Crippen LogP contribution is 2.33. The summed E-state index contributed by atoms with van der Waals surface area (Å²) in [6.45, 7) is 1.68. The molecule has 3 aliphatic rings. The largest absolute Gasteiger partial charge is 0.394 e. The molecule has 0 spiro atoms. The summed E-state index contributed by atoms with van der Waals surface area (Å²) in [5, 5.41) is 121. The van der Waals surface area contributed by atoms with Gasteiger partial charge in [0, 0.05) is 6.42 Å². The molecule has 3 heterocycles. The molecule has 1 amide bonds. The highest BCUT2D eigenvalue weighted by molar-refractivity contribution is 5.76. The second kappa shape index (κ2) is 73.6. The molecule has 3 rings (SSSR count). The quantitative estimate of drug-likeness (QED) is 0.0199. The zero-order valence-corrected chi connectivity index (χ0v) is 71.2. The van der Waals surface area contributed by atoms with Crippen LogP contribution in [0.25, 0.3) is 0 Å². The number of ether oxygens (including phenoxy) is 6. The van der Waals surface area contributed by atoms with Crippen LogP contribution in [-0.2, 0) is 33.2 Å². The van der Waals surface area contributed by atoms with Gasteiger partial charge in [-0.25, -0.2) is 0 Å². The second-order valence-electron chi connectivity index (χ2n) is 31.7. The van der Waals surface area contributed by atoms with E-state index in [2.05, 4.69) is 165 Å². The molecule has 0 aromatic heterocycles. The number of unbranched alkanes of at least 4 members (excludes halogenated alkanes) is 32. The maximum absolute atomic E-state index is 13.5. The van der Waals surface area contributed by atoms with Crippen LogP contribution in [0.3, 0.4) is 0 Å². The Labute approximate surface area is 695 Å². The van der Waals surface area contributed by atoms with Crippen molar-refractivity contribution >= 4 is 5.91 Å². The first-order chi connectivity index (χ1) is 56.3. The molecule has 19 nitrogen and oxygen atoms in total. The SMILES string of the molecule is CC/C=C\C/C=C\C/C=C\C/C=C\C/C=C\C/C=C\C/C=C\C/C=C\C/C=C\C/C=C\C/C=C\C/C=C\CCCCC(=O)NC(COC1OC(CO)C(OC2OC(CO)C(OC3OC(CO)C(O)C(O)C3O)C(O)C2O)C(O)C1O)C(O)CCCCCCCCCCCCCCCCCCCCCCCCCCCCCCCCC. The fourth-order valence-electron chi connectivity index (χ4n) is 14.5. The van der Waals surface area contributed by atoms with Crippen LogP contribution < -0.4 is 5.32 Å². The third-order valence-electron chi connectivity index (χ3n) is 21.7. The van der Waals surface area contributed by atoms with Crippen LogP contribution in [0.1, 0.15) is 322 Å². The maximum atomic E-state index is 13.5. The van der Waals surface area contributed by atoms with E-state index in [4.69, 9.17) is 28.4 Å². The van der Waals surface area contributed by atoms with Gasteiger partial charge in [0.2, 0.25) is 5.91 Å². The first kappa shape index (κ1) is 105. The minimum atomic E-state index is -1.99.